The summed E-state index contributed by atoms with van der Waals surface area (Å²) in [5.74, 6) is -0.413. The lowest BCUT2D eigenvalue weighted by atomic mass is 10.0. The van der Waals surface area contributed by atoms with Crippen molar-refractivity contribution in [3.8, 4) is 5.75 Å². The number of halogens is 3. The topological polar surface area (TPSA) is 87.3 Å². The molecule has 1 saturated heterocycles. The predicted molar refractivity (Wildman–Crippen MR) is 95.4 cm³/mol. The summed E-state index contributed by atoms with van der Waals surface area (Å²) in [6, 6.07) is 6.23. The van der Waals surface area contributed by atoms with E-state index in [1.54, 1.807) is 6.92 Å². The quantitative estimate of drug-likeness (QED) is 0.829. The third-order valence-corrected chi connectivity index (χ3v) is 4.32. The van der Waals surface area contributed by atoms with Crippen LogP contribution in [0.15, 0.2) is 35.1 Å². The van der Waals surface area contributed by atoms with Gasteiger partial charge >= 0.3 is 6.36 Å². The summed E-state index contributed by atoms with van der Waals surface area (Å²) in [6.45, 7) is 2.89. The fourth-order valence-corrected chi connectivity index (χ4v) is 3.05. The number of carbonyl (C=O) groups excluding carboxylic acids is 1. The molecule has 0 radical (unpaired) electrons. The Morgan fingerprint density at radius 2 is 2.00 bits per heavy atom. The van der Waals surface area contributed by atoms with Gasteiger partial charge in [-0.15, -0.1) is 13.2 Å². The number of aromatic nitrogens is 2. The van der Waals surface area contributed by atoms with Crippen molar-refractivity contribution in [3.63, 3.8) is 0 Å². The number of carbonyl (C=O) groups is 1. The molecule has 0 unspecified atom stereocenters. The van der Waals surface area contributed by atoms with Crippen molar-refractivity contribution >= 4 is 11.9 Å². The van der Waals surface area contributed by atoms with Crippen LogP contribution in [-0.2, 0) is 0 Å². The summed E-state index contributed by atoms with van der Waals surface area (Å²) in [5.41, 5.74) is 0.489. The van der Waals surface area contributed by atoms with Crippen molar-refractivity contribution in [2.45, 2.75) is 32.2 Å². The van der Waals surface area contributed by atoms with Gasteiger partial charge in [0.2, 0.25) is 5.95 Å². The Morgan fingerprint density at radius 1 is 1.29 bits per heavy atom. The number of anilines is 1. The molecule has 0 saturated carbocycles. The molecule has 1 aromatic carbocycles. The second kappa shape index (κ2) is 7.91. The second-order valence-electron chi connectivity index (χ2n) is 6.52. The molecule has 1 amide bonds. The molecule has 0 spiro atoms. The van der Waals surface area contributed by atoms with Gasteiger partial charge in [0.15, 0.2) is 0 Å². The number of rotatable bonds is 4. The Morgan fingerprint density at radius 3 is 2.64 bits per heavy atom. The van der Waals surface area contributed by atoms with Gasteiger partial charge in [0.25, 0.3) is 11.5 Å². The number of ether oxygens (including phenoxy) is 1. The molecule has 2 aromatic rings. The van der Waals surface area contributed by atoms with E-state index in [1.165, 1.54) is 18.2 Å². The number of amides is 1. The van der Waals surface area contributed by atoms with Crippen LogP contribution in [-0.4, -0.2) is 41.4 Å². The summed E-state index contributed by atoms with van der Waals surface area (Å²) in [7, 11) is 0. The minimum absolute atomic E-state index is 0.0915. The van der Waals surface area contributed by atoms with Crippen molar-refractivity contribution in [2.24, 2.45) is 0 Å². The Balaban J connectivity index is 1.58. The van der Waals surface area contributed by atoms with Crippen molar-refractivity contribution in [1.82, 2.24) is 15.3 Å². The van der Waals surface area contributed by atoms with Gasteiger partial charge in [-0.05, 0) is 38.0 Å². The molecular weight excluding hydrogens is 377 g/mol. The average Bonchev–Trinajstić information content (AvgIpc) is 2.60. The van der Waals surface area contributed by atoms with E-state index in [0.29, 0.717) is 37.6 Å². The molecule has 3 rings (SSSR count). The highest BCUT2D eigenvalue weighted by Gasteiger charge is 2.31. The normalized spacial score (nSPS) is 15.4. The van der Waals surface area contributed by atoms with Crippen molar-refractivity contribution < 1.29 is 22.7 Å². The van der Waals surface area contributed by atoms with E-state index < -0.39 is 18.0 Å². The van der Waals surface area contributed by atoms with Gasteiger partial charge in [-0.25, -0.2) is 4.98 Å². The van der Waals surface area contributed by atoms with Gasteiger partial charge in [-0.1, -0.05) is 6.07 Å². The molecule has 1 fully saturated rings. The van der Waals surface area contributed by atoms with Gasteiger partial charge < -0.3 is 15.0 Å². The molecule has 0 bridgehead atoms. The standard InChI is InChI=1S/C18H19F3N4O3/c1-11-9-15(26)24-17(22-11)25-7-5-13(6-8-25)23-16(27)12-3-2-4-14(10-12)28-18(19,20)21/h2-4,9-10,13H,5-8H2,1H3,(H,23,27)(H,22,24,26). The number of aromatic amines is 1. The molecular formula is C18H19F3N4O3. The van der Waals surface area contributed by atoms with Crippen LogP contribution < -0.4 is 20.5 Å². The average molecular weight is 396 g/mol. The number of H-pyrrole nitrogens is 1. The minimum atomic E-state index is -4.81. The smallest absolute Gasteiger partial charge is 0.406 e. The summed E-state index contributed by atoms with van der Waals surface area (Å²) in [4.78, 5) is 32.8. The molecule has 1 aliphatic heterocycles. The minimum Gasteiger partial charge on any atom is -0.406 e. The van der Waals surface area contributed by atoms with Crippen LogP contribution >= 0.6 is 0 Å². The lowest BCUT2D eigenvalue weighted by Crippen LogP contribution is -2.45. The zero-order valence-corrected chi connectivity index (χ0v) is 15.0. The maximum absolute atomic E-state index is 12.4. The number of nitrogens with zero attached hydrogens (tertiary/aromatic N) is 2. The summed E-state index contributed by atoms with van der Waals surface area (Å²) >= 11 is 0. The number of piperidine rings is 1. The van der Waals surface area contributed by atoms with Crippen LogP contribution in [0, 0.1) is 6.92 Å². The number of nitrogens with one attached hydrogen (secondary N) is 2. The maximum atomic E-state index is 12.4. The molecule has 10 heteroatoms. The van der Waals surface area contributed by atoms with Crippen molar-refractivity contribution in [1.29, 1.82) is 0 Å². The van der Waals surface area contributed by atoms with Gasteiger partial charge in [0.1, 0.15) is 5.75 Å². The van der Waals surface area contributed by atoms with E-state index >= 15 is 0 Å². The van der Waals surface area contributed by atoms with E-state index in [9.17, 15) is 22.8 Å². The van der Waals surface area contributed by atoms with E-state index in [1.807, 2.05) is 4.90 Å². The first-order valence-electron chi connectivity index (χ1n) is 8.69. The summed E-state index contributed by atoms with van der Waals surface area (Å²) in [6.07, 6.45) is -3.59. The fraction of sp³-hybridized carbons (Fsp3) is 0.389. The molecule has 1 aliphatic rings. The molecule has 2 heterocycles. The number of hydrogen-bond donors (Lipinski definition) is 2. The summed E-state index contributed by atoms with van der Waals surface area (Å²) in [5, 5.41) is 2.83. The van der Waals surface area contributed by atoms with E-state index in [4.69, 9.17) is 0 Å². The van der Waals surface area contributed by atoms with Crippen molar-refractivity contribution in [2.75, 3.05) is 18.0 Å². The molecule has 150 valence electrons. The first-order valence-corrected chi connectivity index (χ1v) is 8.69. The molecule has 1 aromatic heterocycles. The first-order chi connectivity index (χ1) is 13.2. The Kier molecular flexibility index (Phi) is 5.57. The first kappa shape index (κ1) is 19.7. The molecule has 2 N–H and O–H groups in total. The molecule has 0 aliphatic carbocycles. The zero-order chi connectivity index (χ0) is 20.3. The van der Waals surface area contributed by atoms with E-state index in [-0.39, 0.29) is 17.2 Å². The molecule has 0 atom stereocenters. The van der Waals surface area contributed by atoms with Gasteiger partial charge in [-0.3, -0.25) is 14.6 Å². The largest absolute Gasteiger partial charge is 0.573 e. The van der Waals surface area contributed by atoms with Crippen LogP contribution in [0.1, 0.15) is 28.9 Å². The van der Waals surface area contributed by atoms with E-state index in [0.717, 1.165) is 12.1 Å². The third-order valence-electron chi connectivity index (χ3n) is 4.32. The predicted octanol–water partition coefficient (Wildman–Crippen LogP) is 2.38. The van der Waals surface area contributed by atoms with Crippen LogP contribution in [0.4, 0.5) is 19.1 Å². The lowest BCUT2D eigenvalue weighted by molar-refractivity contribution is -0.274. The van der Waals surface area contributed by atoms with Gasteiger partial charge in [-0.2, -0.15) is 0 Å². The molecule has 7 nitrogen and oxygen atoms in total. The van der Waals surface area contributed by atoms with Crippen LogP contribution in [0.3, 0.4) is 0 Å². The third kappa shape index (κ3) is 5.24. The Hall–Kier alpha value is -3.04. The van der Waals surface area contributed by atoms with Crippen LogP contribution in [0.25, 0.3) is 0 Å². The number of alkyl halides is 3. The number of aryl methyl sites for hydroxylation is 1. The fourth-order valence-electron chi connectivity index (χ4n) is 3.05. The second-order valence-corrected chi connectivity index (χ2v) is 6.52. The lowest BCUT2D eigenvalue weighted by Gasteiger charge is -2.32. The maximum Gasteiger partial charge on any atom is 0.573 e. The number of benzene rings is 1. The molecule has 28 heavy (non-hydrogen) atoms. The summed E-state index contributed by atoms with van der Waals surface area (Å²) < 4.78 is 40.8. The van der Waals surface area contributed by atoms with Crippen LogP contribution in [0.5, 0.6) is 5.75 Å². The van der Waals surface area contributed by atoms with Crippen LogP contribution in [0.2, 0.25) is 0 Å². The highest BCUT2D eigenvalue weighted by Crippen LogP contribution is 2.23. The van der Waals surface area contributed by atoms with Gasteiger partial charge in [0, 0.05) is 36.5 Å². The SMILES string of the molecule is Cc1cc(=O)[nH]c(N2CCC(NC(=O)c3cccc(OC(F)(F)F)c3)CC2)n1. The van der Waals surface area contributed by atoms with Crippen molar-refractivity contribution in [3.05, 3.63) is 51.9 Å². The highest BCUT2D eigenvalue weighted by atomic mass is 19.4. The highest BCUT2D eigenvalue weighted by molar-refractivity contribution is 5.94. The van der Waals surface area contributed by atoms with Gasteiger partial charge in [0.05, 0.1) is 0 Å². The zero-order valence-electron chi connectivity index (χ0n) is 15.0. The number of hydrogen-bond acceptors (Lipinski definition) is 5. The van der Waals surface area contributed by atoms with E-state index in [2.05, 4.69) is 20.0 Å². The monoisotopic (exact) mass is 396 g/mol. The Labute approximate surface area is 158 Å². The Bertz CT molecular complexity index is 905.